The van der Waals surface area contributed by atoms with E-state index in [4.69, 9.17) is 5.48 Å². The number of aliphatic hydroxyl groups is 2. The summed E-state index contributed by atoms with van der Waals surface area (Å²) in [5.41, 5.74) is 0.0703. The number of hydrogen-bond acceptors (Lipinski definition) is 3. The second-order valence-corrected chi connectivity index (χ2v) is 6.49. The number of hydrogen-bond donors (Lipinski definition) is 3. The van der Waals surface area contributed by atoms with E-state index in [0.717, 1.165) is 12.0 Å². The quantitative estimate of drug-likeness (QED) is 0.451. The van der Waals surface area contributed by atoms with Crippen LogP contribution >= 0.6 is 0 Å². The van der Waals surface area contributed by atoms with E-state index < -0.39 is 18.7 Å². The molecule has 0 bridgehead atoms. The average Bonchev–Trinajstić information content (AvgIpc) is 2.60. The van der Waals surface area contributed by atoms with E-state index in [1.54, 1.807) is 6.92 Å². The van der Waals surface area contributed by atoms with E-state index in [-0.39, 0.29) is 13.0 Å². The highest BCUT2D eigenvalue weighted by Gasteiger charge is 2.26. The van der Waals surface area contributed by atoms with Crippen molar-refractivity contribution in [1.82, 2.24) is 5.32 Å². The van der Waals surface area contributed by atoms with Gasteiger partial charge in [-0.05, 0) is 43.4 Å². The van der Waals surface area contributed by atoms with Gasteiger partial charge in [-0.15, -0.1) is 0 Å². The van der Waals surface area contributed by atoms with Crippen LogP contribution in [0.4, 0.5) is 0 Å². The molecule has 0 aliphatic rings. The first-order valence-electron chi connectivity index (χ1n) is 11.3. The van der Waals surface area contributed by atoms with Crippen molar-refractivity contribution in [3.05, 3.63) is 35.4 Å². The normalized spacial score (nSPS) is 15.5. The molecular weight excluding hydrogens is 298 g/mol. The molecule has 3 nitrogen and oxygen atoms in total. The van der Waals surface area contributed by atoms with Crippen molar-refractivity contribution in [3.8, 4) is 0 Å². The second-order valence-electron chi connectivity index (χ2n) is 6.49. The Morgan fingerprint density at radius 2 is 1.42 bits per heavy atom. The van der Waals surface area contributed by atoms with Crippen LogP contribution in [0.2, 0.25) is 0 Å². The summed E-state index contributed by atoms with van der Waals surface area (Å²) in [6.07, 6.45) is 8.85. The van der Waals surface area contributed by atoms with Crippen LogP contribution in [0.5, 0.6) is 0 Å². The predicted molar refractivity (Wildman–Crippen MR) is 102 cm³/mol. The summed E-state index contributed by atoms with van der Waals surface area (Å²) < 4.78 is 30.8. The lowest BCUT2D eigenvalue weighted by Crippen LogP contribution is -2.52. The molecule has 0 saturated heterocycles. The van der Waals surface area contributed by atoms with Gasteiger partial charge in [0.1, 0.15) is 0 Å². The Morgan fingerprint density at radius 1 is 0.875 bits per heavy atom. The van der Waals surface area contributed by atoms with E-state index in [9.17, 15) is 10.2 Å². The molecule has 0 aliphatic carbocycles. The fourth-order valence-electron chi connectivity index (χ4n) is 2.92. The first-order valence-corrected chi connectivity index (χ1v) is 9.35. The molecule has 0 aliphatic heterocycles. The zero-order valence-electron chi connectivity index (χ0n) is 19.3. The first-order chi connectivity index (χ1) is 13.1. The molecule has 0 atom stereocenters. The summed E-state index contributed by atoms with van der Waals surface area (Å²) in [6.45, 7) is -1.72. The number of nitrogens with one attached hydrogen (secondary N) is 1. The molecular formula is C21H37NO2. The molecule has 1 aromatic rings. The molecule has 0 aromatic heterocycles. The largest absolute Gasteiger partial charge is 0.394 e. The Kier molecular flexibility index (Phi) is 7.98. The Balaban J connectivity index is 2.67. The lowest BCUT2D eigenvalue weighted by atomic mass is 9.92. The molecule has 0 spiro atoms. The van der Waals surface area contributed by atoms with Crippen molar-refractivity contribution in [1.29, 1.82) is 0 Å². The molecule has 3 heteroatoms. The van der Waals surface area contributed by atoms with Gasteiger partial charge in [-0.2, -0.15) is 0 Å². The number of aryl methyl sites for hydroxylation is 2. The minimum absolute atomic E-state index is 0.0788. The maximum absolute atomic E-state index is 9.96. The molecule has 0 unspecified atom stereocenters. The van der Waals surface area contributed by atoms with Gasteiger partial charge < -0.3 is 15.5 Å². The second kappa shape index (κ2) is 12.5. The fourth-order valence-corrected chi connectivity index (χ4v) is 2.92. The molecule has 138 valence electrons. The van der Waals surface area contributed by atoms with Crippen molar-refractivity contribution in [2.24, 2.45) is 0 Å². The minimum Gasteiger partial charge on any atom is -0.394 e. The molecule has 0 amide bonds. The number of rotatable bonds is 14. The van der Waals surface area contributed by atoms with Crippen LogP contribution in [0, 0.1) is 0 Å². The van der Waals surface area contributed by atoms with Gasteiger partial charge in [0.15, 0.2) is 0 Å². The average molecular weight is 340 g/mol. The monoisotopic (exact) mass is 339 g/mol. The zero-order chi connectivity index (χ0) is 21.3. The van der Waals surface area contributed by atoms with Crippen LogP contribution in [-0.4, -0.2) is 35.4 Å². The zero-order valence-corrected chi connectivity index (χ0v) is 15.3. The van der Waals surface area contributed by atoms with E-state index in [0.29, 0.717) is 6.42 Å². The van der Waals surface area contributed by atoms with Gasteiger partial charge in [0.25, 0.3) is 0 Å². The maximum atomic E-state index is 9.96. The lowest BCUT2D eigenvalue weighted by Gasteiger charge is -2.30. The van der Waals surface area contributed by atoms with Crippen molar-refractivity contribution < 1.29 is 15.7 Å². The summed E-state index contributed by atoms with van der Waals surface area (Å²) in [5, 5.41) is 22.6. The third-order valence-electron chi connectivity index (χ3n) is 4.49. The summed E-state index contributed by atoms with van der Waals surface area (Å²) >= 11 is 0. The molecule has 0 heterocycles. The van der Waals surface area contributed by atoms with Crippen LogP contribution < -0.4 is 5.32 Å². The van der Waals surface area contributed by atoms with Crippen molar-refractivity contribution in [2.45, 2.75) is 77.2 Å². The van der Waals surface area contributed by atoms with Crippen LogP contribution in [0.1, 0.15) is 75.4 Å². The van der Waals surface area contributed by atoms with Crippen molar-refractivity contribution >= 4 is 0 Å². The Morgan fingerprint density at radius 3 is 1.96 bits per heavy atom. The van der Waals surface area contributed by atoms with Gasteiger partial charge in [0, 0.05) is 0 Å². The van der Waals surface area contributed by atoms with Crippen LogP contribution in [0.15, 0.2) is 24.3 Å². The molecule has 0 saturated carbocycles. The summed E-state index contributed by atoms with van der Waals surface area (Å²) in [4.78, 5) is 0. The van der Waals surface area contributed by atoms with Gasteiger partial charge in [-0.3, -0.25) is 0 Å². The fraction of sp³-hybridized carbons (Fsp3) is 0.714. The lowest BCUT2D eigenvalue weighted by molar-refractivity contribution is 0.0858. The summed E-state index contributed by atoms with van der Waals surface area (Å²) in [5.74, 6) is 0. The van der Waals surface area contributed by atoms with E-state index in [2.05, 4.69) is 24.4 Å². The molecule has 3 N–H and O–H groups in total. The van der Waals surface area contributed by atoms with Crippen molar-refractivity contribution in [3.63, 3.8) is 0 Å². The highest BCUT2D eigenvalue weighted by Crippen LogP contribution is 2.16. The number of unbranched alkanes of at least 4 members (excludes halogenated alkanes) is 5. The van der Waals surface area contributed by atoms with E-state index >= 15 is 0 Å². The van der Waals surface area contributed by atoms with Crippen LogP contribution in [0.25, 0.3) is 0 Å². The highest BCUT2D eigenvalue weighted by molar-refractivity contribution is 5.23. The van der Waals surface area contributed by atoms with Gasteiger partial charge in [-0.1, -0.05) is 70.2 Å². The first kappa shape index (κ1) is 15.4. The third-order valence-corrected chi connectivity index (χ3v) is 4.49. The van der Waals surface area contributed by atoms with Crippen molar-refractivity contribution in [2.75, 3.05) is 19.7 Å². The Hall–Kier alpha value is -0.900. The molecule has 1 rings (SSSR count). The van der Waals surface area contributed by atoms with Crippen LogP contribution in [-0.2, 0) is 12.8 Å². The summed E-state index contributed by atoms with van der Waals surface area (Å²) in [7, 11) is 0. The van der Waals surface area contributed by atoms with Gasteiger partial charge in [-0.25, -0.2) is 0 Å². The Labute approximate surface area is 154 Å². The van der Waals surface area contributed by atoms with Gasteiger partial charge in [0.05, 0.1) is 24.1 Å². The molecule has 0 radical (unpaired) electrons. The molecule has 24 heavy (non-hydrogen) atoms. The van der Waals surface area contributed by atoms with E-state index in [1.165, 1.54) is 44.1 Å². The van der Waals surface area contributed by atoms with Gasteiger partial charge in [0.2, 0.25) is 0 Å². The number of likely N-dealkylation sites (N-methyl/N-ethyl adjacent to an activating group) is 1. The minimum atomic E-state index is -2.92. The maximum Gasteiger partial charge on any atom is 0.0651 e. The van der Waals surface area contributed by atoms with Gasteiger partial charge >= 0.3 is 0 Å². The SMILES string of the molecule is [2H]C([2H])(O)C(CCc1ccc(CCCCCCCC)cc1)(NCC)C([2H])([2H])O. The third kappa shape index (κ3) is 7.78. The molecule has 0 fully saturated rings. The topological polar surface area (TPSA) is 52.5 Å². The highest BCUT2D eigenvalue weighted by atomic mass is 16.3. The molecule has 1 aromatic carbocycles. The standard InChI is InChI=1S/C21H37NO2/c1-3-5-6-7-8-9-10-19-11-13-20(14-12-19)15-16-21(17-23,18-24)22-4-2/h11-14,22-24H,3-10,15-18H2,1-2H3/i17D2,18D2. The smallest absolute Gasteiger partial charge is 0.0651 e. The van der Waals surface area contributed by atoms with Crippen LogP contribution in [0.3, 0.4) is 0 Å². The number of benzene rings is 1. The predicted octanol–water partition coefficient (Wildman–Crippen LogP) is 3.86. The summed E-state index contributed by atoms with van der Waals surface area (Å²) in [6, 6.07) is 8.03. The Bertz CT molecular complexity index is 539. The van der Waals surface area contributed by atoms with E-state index in [1.807, 2.05) is 12.1 Å².